The quantitative estimate of drug-likeness (QED) is 0.186. The van der Waals surface area contributed by atoms with Crippen LogP contribution in [0.5, 0.6) is 0 Å². The van der Waals surface area contributed by atoms with Gasteiger partial charge in [0.2, 0.25) is 0 Å². The van der Waals surface area contributed by atoms with Crippen LogP contribution in [-0.4, -0.2) is 0 Å². The van der Waals surface area contributed by atoms with Gasteiger partial charge in [-0.15, -0.1) is 0 Å². The molecule has 2 nitrogen and oxygen atoms in total. The van der Waals surface area contributed by atoms with Crippen LogP contribution in [0.2, 0.25) is 0 Å². The van der Waals surface area contributed by atoms with Crippen LogP contribution in [0.4, 0.5) is 17.1 Å². The summed E-state index contributed by atoms with van der Waals surface area (Å²) in [6.07, 6.45) is 0. The van der Waals surface area contributed by atoms with Gasteiger partial charge in [0.15, 0.2) is 0 Å². The number of fused-ring (bicyclic) bond motifs is 7. The molecule has 8 aromatic carbocycles. The highest BCUT2D eigenvalue weighted by Gasteiger charge is 2.22. The average Bonchev–Trinajstić information content (AvgIpc) is 3.51. The van der Waals surface area contributed by atoms with E-state index in [0.717, 1.165) is 39.0 Å². The standard InChI is InChI=1S/C44H29NO/c1-3-12-30(13-4-1)32-22-25-35(26-23-32)45(36-18-11-17-34(28-36)31-14-5-2-6-15-31)40-29-42-44(39-20-9-10-21-41(39)46-42)43-37-19-8-7-16-33(37)24-27-38(40)43/h1-29H. The smallest absolute Gasteiger partial charge is 0.138 e. The molecule has 0 fully saturated rings. The van der Waals surface area contributed by atoms with Gasteiger partial charge >= 0.3 is 0 Å². The summed E-state index contributed by atoms with van der Waals surface area (Å²) in [6, 6.07) is 62.6. The highest BCUT2D eigenvalue weighted by atomic mass is 16.3. The van der Waals surface area contributed by atoms with Crippen molar-refractivity contribution in [3.8, 4) is 22.3 Å². The first-order valence-electron chi connectivity index (χ1n) is 15.7. The third-order valence-corrected chi connectivity index (χ3v) is 9.03. The Morgan fingerprint density at radius 3 is 1.76 bits per heavy atom. The van der Waals surface area contributed by atoms with E-state index < -0.39 is 0 Å². The third kappa shape index (κ3) is 4.35. The second-order valence-electron chi connectivity index (χ2n) is 11.7. The van der Waals surface area contributed by atoms with Crippen molar-refractivity contribution in [2.75, 3.05) is 4.90 Å². The molecule has 9 rings (SSSR count). The number of hydrogen-bond donors (Lipinski definition) is 0. The van der Waals surface area contributed by atoms with Gasteiger partial charge in [-0.2, -0.15) is 0 Å². The fourth-order valence-electron chi connectivity index (χ4n) is 6.88. The summed E-state index contributed by atoms with van der Waals surface area (Å²) in [5.41, 5.74) is 9.76. The van der Waals surface area contributed by atoms with Gasteiger partial charge in [0, 0.05) is 39.0 Å². The lowest BCUT2D eigenvalue weighted by molar-refractivity contribution is 0.669. The third-order valence-electron chi connectivity index (χ3n) is 9.03. The normalized spacial score (nSPS) is 11.5. The zero-order valence-electron chi connectivity index (χ0n) is 25.1. The second-order valence-corrected chi connectivity index (χ2v) is 11.7. The highest BCUT2D eigenvalue weighted by Crippen LogP contribution is 2.47. The molecular formula is C44H29NO. The summed E-state index contributed by atoms with van der Waals surface area (Å²) in [5.74, 6) is 0. The molecule has 0 N–H and O–H groups in total. The average molecular weight is 588 g/mol. The molecule has 1 heterocycles. The molecule has 2 heteroatoms. The molecule has 0 spiro atoms. The Balaban J connectivity index is 1.35. The number of anilines is 3. The number of para-hydroxylation sites is 1. The van der Waals surface area contributed by atoms with Crippen LogP contribution in [-0.2, 0) is 0 Å². The molecular weight excluding hydrogens is 558 g/mol. The SMILES string of the molecule is c1ccc(-c2ccc(N(c3cccc(-c4ccccc4)c3)c3cc4oc5ccccc5c4c4c3ccc3ccccc34)cc2)cc1. The number of furan rings is 1. The molecule has 0 aliphatic carbocycles. The molecule has 0 atom stereocenters. The lowest BCUT2D eigenvalue weighted by Gasteiger charge is -2.28. The zero-order valence-corrected chi connectivity index (χ0v) is 25.1. The van der Waals surface area contributed by atoms with Crippen molar-refractivity contribution in [3.63, 3.8) is 0 Å². The van der Waals surface area contributed by atoms with Crippen LogP contribution in [0.3, 0.4) is 0 Å². The Labute approximate surface area is 267 Å². The maximum atomic E-state index is 6.62. The topological polar surface area (TPSA) is 16.4 Å². The van der Waals surface area contributed by atoms with Crippen molar-refractivity contribution in [2.24, 2.45) is 0 Å². The van der Waals surface area contributed by atoms with E-state index in [4.69, 9.17) is 4.42 Å². The van der Waals surface area contributed by atoms with Crippen LogP contribution >= 0.6 is 0 Å². The minimum absolute atomic E-state index is 0.880. The van der Waals surface area contributed by atoms with Crippen LogP contribution in [0.15, 0.2) is 180 Å². The van der Waals surface area contributed by atoms with Crippen molar-refractivity contribution >= 4 is 60.5 Å². The molecule has 0 unspecified atom stereocenters. The number of rotatable bonds is 5. The van der Waals surface area contributed by atoms with Crippen LogP contribution in [0.1, 0.15) is 0 Å². The van der Waals surface area contributed by atoms with Gasteiger partial charge in [0.1, 0.15) is 11.2 Å². The summed E-state index contributed by atoms with van der Waals surface area (Å²) >= 11 is 0. The highest BCUT2D eigenvalue weighted by molar-refractivity contribution is 6.29. The molecule has 0 aliphatic rings. The van der Waals surface area contributed by atoms with E-state index in [-0.39, 0.29) is 0 Å². The molecule has 216 valence electrons. The van der Waals surface area contributed by atoms with Gasteiger partial charge in [0.25, 0.3) is 0 Å². The fraction of sp³-hybridized carbons (Fsp3) is 0. The monoisotopic (exact) mass is 587 g/mol. The zero-order chi connectivity index (χ0) is 30.5. The van der Waals surface area contributed by atoms with Crippen molar-refractivity contribution < 1.29 is 4.42 Å². The Morgan fingerprint density at radius 1 is 0.348 bits per heavy atom. The van der Waals surface area contributed by atoms with E-state index in [1.807, 2.05) is 6.07 Å². The number of hydrogen-bond acceptors (Lipinski definition) is 2. The van der Waals surface area contributed by atoms with E-state index in [2.05, 4.69) is 175 Å². The molecule has 0 aliphatic heterocycles. The fourth-order valence-corrected chi connectivity index (χ4v) is 6.88. The molecule has 46 heavy (non-hydrogen) atoms. The summed E-state index contributed by atoms with van der Waals surface area (Å²) in [6.45, 7) is 0. The van der Waals surface area contributed by atoms with E-state index in [1.165, 1.54) is 43.8 Å². The number of benzene rings is 8. The van der Waals surface area contributed by atoms with Gasteiger partial charge in [-0.3, -0.25) is 0 Å². The molecule has 1 aromatic heterocycles. The van der Waals surface area contributed by atoms with Gasteiger partial charge in [-0.05, 0) is 63.4 Å². The summed E-state index contributed by atoms with van der Waals surface area (Å²) in [5, 5.41) is 7.11. The summed E-state index contributed by atoms with van der Waals surface area (Å²) < 4.78 is 6.62. The lowest BCUT2D eigenvalue weighted by Crippen LogP contribution is -2.10. The summed E-state index contributed by atoms with van der Waals surface area (Å²) in [4.78, 5) is 2.38. The van der Waals surface area contributed by atoms with Gasteiger partial charge in [-0.1, -0.05) is 140 Å². The Kier molecular flexibility index (Phi) is 6.17. The Bertz CT molecular complexity index is 2510. The van der Waals surface area contributed by atoms with Crippen molar-refractivity contribution in [1.82, 2.24) is 0 Å². The predicted molar refractivity (Wildman–Crippen MR) is 194 cm³/mol. The van der Waals surface area contributed by atoms with Crippen LogP contribution in [0, 0.1) is 0 Å². The summed E-state index contributed by atoms with van der Waals surface area (Å²) in [7, 11) is 0. The van der Waals surface area contributed by atoms with Crippen molar-refractivity contribution in [2.45, 2.75) is 0 Å². The molecule has 0 bridgehead atoms. The molecule has 0 saturated heterocycles. The molecule has 0 amide bonds. The number of nitrogens with zero attached hydrogens (tertiary/aromatic N) is 1. The van der Waals surface area contributed by atoms with Crippen LogP contribution in [0.25, 0.3) is 65.7 Å². The minimum Gasteiger partial charge on any atom is -0.456 e. The van der Waals surface area contributed by atoms with E-state index in [9.17, 15) is 0 Å². The van der Waals surface area contributed by atoms with Crippen molar-refractivity contribution in [3.05, 3.63) is 176 Å². The van der Waals surface area contributed by atoms with E-state index in [1.54, 1.807) is 0 Å². The van der Waals surface area contributed by atoms with E-state index >= 15 is 0 Å². The van der Waals surface area contributed by atoms with Crippen molar-refractivity contribution in [1.29, 1.82) is 0 Å². The molecule has 0 saturated carbocycles. The second kappa shape index (κ2) is 10.8. The first-order chi connectivity index (χ1) is 22.8. The van der Waals surface area contributed by atoms with Gasteiger partial charge in [0.05, 0.1) is 5.69 Å². The predicted octanol–water partition coefficient (Wildman–Crippen LogP) is 12.7. The van der Waals surface area contributed by atoms with Gasteiger partial charge in [-0.25, -0.2) is 0 Å². The largest absolute Gasteiger partial charge is 0.456 e. The first kappa shape index (κ1) is 26.3. The molecule has 9 aromatic rings. The molecule has 0 radical (unpaired) electrons. The Hall–Kier alpha value is -6.12. The maximum absolute atomic E-state index is 6.62. The first-order valence-corrected chi connectivity index (χ1v) is 15.7. The van der Waals surface area contributed by atoms with Crippen LogP contribution < -0.4 is 4.90 Å². The lowest BCUT2D eigenvalue weighted by atomic mass is 9.95. The van der Waals surface area contributed by atoms with E-state index in [0.29, 0.717) is 0 Å². The minimum atomic E-state index is 0.880. The van der Waals surface area contributed by atoms with Gasteiger partial charge < -0.3 is 9.32 Å². The Morgan fingerprint density at radius 2 is 0.978 bits per heavy atom. The maximum Gasteiger partial charge on any atom is 0.138 e.